The number of methoxy groups -OCH3 is 2. The van der Waals surface area contributed by atoms with E-state index in [1.54, 1.807) is 7.11 Å². The Kier molecular flexibility index (Phi) is 9.47. The Morgan fingerprint density at radius 1 is 1.17 bits per heavy atom. The number of carbonyl (C=O) groups excluding carboxylic acids is 3. The summed E-state index contributed by atoms with van der Waals surface area (Å²) in [6.45, 7) is 1.93. The van der Waals surface area contributed by atoms with Gasteiger partial charge in [0, 0.05) is 38.9 Å². The maximum atomic E-state index is 12.3. The van der Waals surface area contributed by atoms with E-state index in [4.69, 9.17) is 4.74 Å². The van der Waals surface area contributed by atoms with Gasteiger partial charge >= 0.3 is 5.97 Å². The highest BCUT2D eigenvalue weighted by Gasteiger charge is 2.24. The smallest absolute Gasteiger partial charge is 0.305 e. The van der Waals surface area contributed by atoms with E-state index < -0.39 is 0 Å². The molecule has 1 unspecified atom stereocenters. The topological polar surface area (TPSA) is 84.9 Å². The summed E-state index contributed by atoms with van der Waals surface area (Å²) in [6, 6.07) is 7.63. The lowest BCUT2D eigenvalue weighted by molar-refractivity contribution is -0.141. The van der Waals surface area contributed by atoms with Crippen LogP contribution in [0.2, 0.25) is 0 Å². The van der Waals surface area contributed by atoms with E-state index in [2.05, 4.69) is 10.1 Å². The zero-order chi connectivity index (χ0) is 21.1. The van der Waals surface area contributed by atoms with Crippen LogP contribution in [0.3, 0.4) is 0 Å². The van der Waals surface area contributed by atoms with Crippen LogP contribution in [0.1, 0.15) is 50.5 Å². The molecule has 2 amide bonds. The fourth-order valence-electron chi connectivity index (χ4n) is 3.58. The predicted octanol–water partition coefficient (Wildman–Crippen LogP) is 2.67. The van der Waals surface area contributed by atoms with Gasteiger partial charge in [-0.1, -0.05) is 12.1 Å². The first kappa shape index (κ1) is 22.7. The van der Waals surface area contributed by atoms with Crippen LogP contribution in [-0.2, 0) is 25.7 Å². The van der Waals surface area contributed by atoms with Gasteiger partial charge in [0.25, 0.3) is 0 Å². The molecule has 0 bridgehead atoms. The summed E-state index contributed by atoms with van der Waals surface area (Å²) in [4.78, 5) is 37.6. The summed E-state index contributed by atoms with van der Waals surface area (Å²) in [5.74, 6) is 0.941. The number of amides is 2. The number of nitrogens with one attached hydrogen (secondary N) is 1. The molecule has 1 aliphatic rings. The third kappa shape index (κ3) is 8.13. The lowest BCUT2D eigenvalue weighted by Gasteiger charge is -2.33. The molecule has 1 aromatic rings. The fourth-order valence-corrected chi connectivity index (χ4v) is 3.58. The second kappa shape index (κ2) is 12.1. The molecule has 1 N–H and O–H groups in total. The molecule has 0 spiro atoms. The molecule has 1 fully saturated rings. The van der Waals surface area contributed by atoms with Crippen molar-refractivity contribution in [2.75, 3.05) is 27.3 Å². The van der Waals surface area contributed by atoms with Crippen LogP contribution in [0, 0.1) is 5.92 Å². The fraction of sp³-hybridized carbons (Fsp3) is 0.591. The Labute approximate surface area is 172 Å². The molecular formula is C22H32N2O5. The first-order valence-corrected chi connectivity index (χ1v) is 10.3. The number of hydrogen-bond donors (Lipinski definition) is 1. The highest BCUT2D eigenvalue weighted by Crippen LogP contribution is 2.22. The zero-order valence-electron chi connectivity index (χ0n) is 17.4. The van der Waals surface area contributed by atoms with Crippen molar-refractivity contribution in [3.05, 3.63) is 29.8 Å². The molecule has 0 aliphatic carbocycles. The molecule has 0 aromatic heterocycles. The van der Waals surface area contributed by atoms with Gasteiger partial charge in [-0.2, -0.15) is 0 Å². The van der Waals surface area contributed by atoms with Crippen LogP contribution in [0.25, 0.3) is 0 Å². The second-order valence-corrected chi connectivity index (χ2v) is 7.44. The molecule has 7 heteroatoms. The number of esters is 1. The average molecular weight is 405 g/mol. The highest BCUT2D eigenvalue weighted by atomic mass is 16.5. The van der Waals surface area contributed by atoms with Crippen LogP contribution in [0.15, 0.2) is 24.3 Å². The molecule has 1 aliphatic heterocycles. The van der Waals surface area contributed by atoms with Crippen LogP contribution >= 0.6 is 0 Å². The van der Waals surface area contributed by atoms with Gasteiger partial charge in [-0.15, -0.1) is 0 Å². The number of likely N-dealkylation sites (tertiary alicyclic amines) is 1. The standard InChI is InChI=1S/C22H32N2O5/c1-28-19-8-3-6-18(14-19)15-23-20(25)12-11-17-7-5-13-24(16-17)21(26)9-4-10-22(27)29-2/h3,6,8,14,17H,4-5,7,9-13,15-16H2,1-2H3,(H,23,25). The van der Waals surface area contributed by atoms with Crippen molar-refractivity contribution in [2.24, 2.45) is 5.92 Å². The molecular weight excluding hydrogens is 372 g/mol. The number of ether oxygens (including phenoxy) is 2. The number of hydrogen-bond acceptors (Lipinski definition) is 5. The van der Waals surface area contributed by atoms with Crippen LogP contribution < -0.4 is 10.1 Å². The third-order valence-corrected chi connectivity index (χ3v) is 5.27. The molecule has 1 heterocycles. The molecule has 1 aromatic carbocycles. The number of rotatable bonds is 10. The molecule has 1 atom stereocenters. The zero-order valence-corrected chi connectivity index (χ0v) is 17.4. The largest absolute Gasteiger partial charge is 0.497 e. The Morgan fingerprint density at radius 3 is 2.76 bits per heavy atom. The first-order valence-electron chi connectivity index (χ1n) is 10.3. The van der Waals surface area contributed by atoms with E-state index in [1.165, 1.54) is 7.11 Å². The molecule has 29 heavy (non-hydrogen) atoms. The summed E-state index contributed by atoms with van der Waals surface area (Å²) in [5, 5.41) is 2.95. The van der Waals surface area contributed by atoms with Gasteiger partial charge in [0.1, 0.15) is 5.75 Å². The summed E-state index contributed by atoms with van der Waals surface area (Å²) in [7, 11) is 2.97. The maximum Gasteiger partial charge on any atom is 0.305 e. The van der Waals surface area contributed by atoms with Gasteiger partial charge in [0.2, 0.25) is 11.8 Å². The SMILES string of the molecule is COC(=O)CCCC(=O)N1CCCC(CCC(=O)NCc2cccc(OC)c2)C1. The van der Waals surface area contributed by atoms with Crippen molar-refractivity contribution < 1.29 is 23.9 Å². The average Bonchev–Trinajstić information content (AvgIpc) is 2.76. The van der Waals surface area contributed by atoms with E-state index in [0.29, 0.717) is 38.3 Å². The van der Waals surface area contributed by atoms with Gasteiger partial charge in [-0.05, 0) is 49.3 Å². The Bertz CT molecular complexity index is 692. The molecule has 0 saturated carbocycles. The van der Waals surface area contributed by atoms with Crippen LogP contribution in [-0.4, -0.2) is 50.0 Å². The van der Waals surface area contributed by atoms with Gasteiger partial charge in [0.05, 0.1) is 14.2 Å². The van der Waals surface area contributed by atoms with Gasteiger partial charge in [-0.25, -0.2) is 0 Å². The summed E-state index contributed by atoms with van der Waals surface area (Å²) in [5.41, 5.74) is 0.999. The van der Waals surface area contributed by atoms with E-state index in [9.17, 15) is 14.4 Å². The molecule has 2 rings (SSSR count). The highest BCUT2D eigenvalue weighted by molar-refractivity contribution is 5.77. The van der Waals surface area contributed by atoms with Crippen molar-refractivity contribution in [3.63, 3.8) is 0 Å². The molecule has 1 saturated heterocycles. The number of piperidine rings is 1. The van der Waals surface area contributed by atoms with Gasteiger partial charge in [-0.3, -0.25) is 14.4 Å². The van der Waals surface area contributed by atoms with E-state index >= 15 is 0 Å². The predicted molar refractivity (Wildman–Crippen MR) is 109 cm³/mol. The number of carbonyl (C=O) groups is 3. The van der Waals surface area contributed by atoms with Crippen LogP contribution in [0.4, 0.5) is 0 Å². The first-order chi connectivity index (χ1) is 14.0. The van der Waals surface area contributed by atoms with Crippen LogP contribution in [0.5, 0.6) is 5.75 Å². The Morgan fingerprint density at radius 2 is 2.00 bits per heavy atom. The van der Waals surface area contributed by atoms with E-state index in [1.807, 2.05) is 29.2 Å². The Balaban J connectivity index is 1.68. The molecule has 160 valence electrons. The minimum atomic E-state index is -0.283. The van der Waals surface area contributed by atoms with Gasteiger partial charge < -0.3 is 19.7 Å². The monoisotopic (exact) mass is 404 g/mol. The molecule has 7 nitrogen and oxygen atoms in total. The molecule has 0 radical (unpaired) electrons. The number of benzene rings is 1. The van der Waals surface area contributed by atoms with E-state index in [0.717, 1.165) is 37.1 Å². The summed E-state index contributed by atoms with van der Waals surface area (Å²) >= 11 is 0. The summed E-state index contributed by atoms with van der Waals surface area (Å²) in [6.07, 6.45) is 4.37. The quantitative estimate of drug-likeness (QED) is 0.606. The minimum Gasteiger partial charge on any atom is -0.497 e. The van der Waals surface area contributed by atoms with Crippen molar-refractivity contribution in [1.29, 1.82) is 0 Å². The van der Waals surface area contributed by atoms with Crippen molar-refractivity contribution in [3.8, 4) is 5.75 Å². The van der Waals surface area contributed by atoms with Crippen molar-refractivity contribution in [2.45, 2.75) is 51.5 Å². The van der Waals surface area contributed by atoms with Gasteiger partial charge in [0.15, 0.2) is 0 Å². The third-order valence-electron chi connectivity index (χ3n) is 5.27. The number of nitrogens with zero attached hydrogens (tertiary/aromatic N) is 1. The normalized spacial score (nSPS) is 16.2. The van der Waals surface area contributed by atoms with E-state index in [-0.39, 0.29) is 24.2 Å². The lowest BCUT2D eigenvalue weighted by Crippen LogP contribution is -2.40. The summed E-state index contributed by atoms with van der Waals surface area (Å²) < 4.78 is 9.79. The second-order valence-electron chi connectivity index (χ2n) is 7.44. The Hall–Kier alpha value is -2.57. The van der Waals surface area contributed by atoms with Crippen molar-refractivity contribution in [1.82, 2.24) is 10.2 Å². The minimum absolute atomic E-state index is 0.0225. The lowest BCUT2D eigenvalue weighted by atomic mass is 9.93. The maximum absolute atomic E-state index is 12.3. The van der Waals surface area contributed by atoms with Crippen molar-refractivity contribution >= 4 is 17.8 Å².